The van der Waals surface area contributed by atoms with E-state index in [1.54, 1.807) is 0 Å². The van der Waals surface area contributed by atoms with E-state index in [-0.39, 0.29) is 0 Å². The number of ether oxygens (including phenoxy) is 1. The number of alkyl halides is 3. The molecule has 1 heterocycles. The molecular formula is C19H31F3N2O2. The SMILES string of the molecule is CC.CC.CC(OC(=O)N1CCN(Cc2ccccc2)CC1)C(F)(F)F. The Kier molecular flexibility index (Phi) is 11.7. The molecule has 0 aromatic heterocycles. The minimum absolute atomic E-state index is 0.371. The highest BCUT2D eigenvalue weighted by molar-refractivity contribution is 5.68. The molecule has 1 saturated heterocycles. The first kappa shape index (κ1) is 24.2. The van der Waals surface area contributed by atoms with Crippen molar-refractivity contribution in [1.29, 1.82) is 0 Å². The average Bonchev–Trinajstić information content (AvgIpc) is 2.65. The Hall–Kier alpha value is -1.76. The lowest BCUT2D eigenvalue weighted by molar-refractivity contribution is -0.200. The second-order valence-electron chi connectivity index (χ2n) is 5.32. The van der Waals surface area contributed by atoms with Crippen LogP contribution >= 0.6 is 0 Å². The van der Waals surface area contributed by atoms with E-state index in [0.717, 1.165) is 13.5 Å². The molecular weight excluding hydrogens is 345 g/mol. The predicted octanol–water partition coefficient (Wildman–Crippen LogP) is 4.94. The number of carbonyl (C=O) groups excluding carboxylic acids is 1. The number of halogens is 3. The van der Waals surface area contributed by atoms with Crippen molar-refractivity contribution in [3.8, 4) is 0 Å². The standard InChI is InChI=1S/C15H19F3N2O2.2C2H6/c1-12(15(16,17)18)22-14(21)20-9-7-19(8-10-20)11-13-5-3-2-4-6-13;2*1-2/h2-6,12H,7-11H2,1H3;2*1-2H3. The van der Waals surface area contributed by atoms with Gasteiger partial charge in [-0.15, -0.1) is 0 Å². The van der Waals surface area contributed by atoms with E-state index < -0.39 is 18.4 Å². The Labute approximate surface area is 154 Å². The van der Waals surface area contributed by atoms with Crippen molar-refractivity contribution in [3.63, 3.8) is 0 Å². The molecule has 26 heavy (non-hydrogen) atoms. The van der Waals surface area contributed by atoms with Crippen LogP contribution in [-0.2, 0) is 11.3 Å². The lowest BCUT2D eigenvalue weighted by Crippen LogP contribution is -2.49. The van der Waals surface area contributed by atoms with Crippen molar-refractivity contribution in [2.45, 2.75) is 53.4 Å². The first-order valence-corrected chi connectivity index (χ1v) is 9.15. The monoisotopic (exact) mass is 376 g/mol. The van der Waals surface area contributed by atoms with Crippen LogP contribution in [-0.4, -0.2) is 54.4 Å². The first-order valence-electron chi connectivity index (χ1n) is 9.15. The van der Waals surface area contributed by atoms with Crippen LogP contribution in [0.1, 0.15) is 40.2 Å². The molecule has 0 aliphatic carbocycles. The molecule has 1 aromatic carbocycles. The van der Waals surface area contributed by atoms with E-state index in [0.29, 0.717) is 26.2 Å². The number of hydrogen-bond acceptors (Lipinski definition) is 3. The molecule has 1 aromatic rings. The van der Waals surface area contributed by atoms with Crippen LogP contribution in [0.15, 0.2) is 30.3 Å². The van der Waals surface area contributed by atoms with Gasteiger partial charge in [0, 0.05) is 32.7 Å². The summed E-state index contributed by atoms with van der Waals surface area (Å²) in [5.41, 5.74) is 1.17. The van der Waals surface area contributed by atoms with Crippen molar-refractivity contribution in [3.05, 3.63) is 35.9 Å². The molecule has 1 aliphatic heterocycles. The minimum atomic E-state index is -4.52. The number of piperazine rings is 1. The van der Waals surface area contributed by atoms with Gasteiger partial charge in [-0.1, -0.05) is 58.0 Å². The summed E-state index contributed by atoms with van der Waals surface area (Å²) in [7, 11) is 0. The first-order chi connectivity index (χ1) is 12.4. The van der Waals surface area contributed by atoms with Gasteiger partial charge in [0.15, 0.2) is 6.10 Å². The molecule has 150 valence electrons. The number of amides is 1. The maximum atomic E-state index is 12.4. The molecule has 1 amide bonds. The summed E-state index contributed by atoms with van der Waals surface area (Å²) < 4.78 is 41.6. The third-order valence-electron chi connectivity index (χ3n) is 3.62. The summed E-state index contributed by atoms with van der Waals surface area (Å²) in [6, 6.07) is 9.90. The Morgan fingerprint density at radius 2 is 1.54 bits per heavy atom. The number of hydrogen-bond donors (Lipinski definition) is 0. The normalized spacial score (nSPS) is 15.8. The van der Waals surface area contributed by atoms with Crippen LogP contribution in [0.5, 0.6) is 0 Å². The molecule has 1 aliphatic rings. The van der Waals surface area contributed by atoms with Gasteiger partial charge in [-0.25, -0.2) is 4.79 Å². The number of nitrogens with zero attached hydrogens (tertiary/aromatic N) is 2. The number of rotatable bonds is 3. The van der Waals surface area contributed by atoms with Crippen molar-refractivity contribution in [1.82, 2.24) is 9.80 Å². The second-order valence-corrected chi connectivity index (χ2v) is 5.32. The highest BCUT2D eigenvalue weighted by Gasteiger charge is 2.40. The molecule has 0 N–H and O–H groups in total. The van der Waals surface area contributed by atoms with Gasteiger partial charge in [0.1, 0.15) is 0 Å². The minimum Gasteiger partial charge on any atom is -0.437 e. The van der Waals surface area contributed by atoms with E-state index in [1.165, 1.54) is 10.5 Å². The summed E-state index contributed by atoms with van der Waals surface area (Å²) in [4.78, 5) is 15.2. The van der Waals surface area contributed by atoms with Gasteiger partial charge in [-0.3, -0.25) is 4.90 Å². The number of benzene rings is 1. The summed E-state index contributed by atoms with van der Waals surface area (Å²) in [6.45, 7) is 11.6. The zero-order chi connectivity index (χ0) is 20.2. The highest BCUT2D eigenvalue weighted by atomic mass is 19.4. The zero-order valence-electron chi connectivity index (χ0n) is 16.3. The van der Waals surface area contributed by atoms with Crippen molar-refractivity contribution >= 4 is 6.09 Å². The summed E-state index contributed by atoms with van der Waals surface area (Å²) >= 11 is 0. The second kappa shape index (κ2) is 12.6. The van der Waals surface area contributed by atoms with Crippen molar-refractivity contribution in [2.75, 3.05) is 26.2 Å². The molecule has 7 heteroatoms. The van der Waals surface area contributed by atoms with E-state index in [4.69, 9.17) is 0 Å². The van der Waals surface area contributed by atoms with Crippen molar-refractivity contribution in [2.24, 2.45) is 0 Å². The quantitative estimate of drug-likeness (QED) is 0.749. The van der Waals surface area contributed by atoms with E-state index in [1.807, 2.05) is 58.0 Å². The average molecular weight is 376 g/mol. The van der Waals surface area contributed by atoms with Crippen LogP contribution in [0.4, 0.5) is 18.0 Å². The third kappa shape index (κ3) is 8.56. The molecule has 1 atom stereocenters. The molecule has 0 radical (unpaired) electrons. The maximum Gasteiger partial charge on any atom is 0.425 e. The Morgan fingerprint density at radius 1 is 1.04 bits per heavy atom. The van der Waals surface area contributed by atoms with Gasteiger partial charge in [0.05, 0.1) is 0 Å². The number of carbonyl (C=O) groups is 1. The fraction of sp³-hybridized carbons (Fsp3) is 0.632. The van der Waals surface area contributed by atoms with Gasteiger partial charge >= 0.3 is 12.3 Å². The van der Waals surface area contributed by atoms with Crippen LogP contribution < -0.4 is 0 Å². The van der Waals surface area contributed by atoms with Crippen LogP contribution in [0.3, 0.4) is 0 Å². The lowest BCUT2D eigenvalue weighted by Gasteiger charge is -2.34. The van der Waals surface area contributed by atoms with Crippen molar-refractivity contribution < 1.29 is 22.7 Å². The summed E-state index contributed by atoms with van der Waals surface area (Å²) in [6.07, 6.45) is -7.50. The van der Waals surface area contributed by atoms with E-state index >= 15 is 0 Å². The Morgan fingerprint density at radius 3 is 2.00 bits per heavy atom. The van der Waals surface area contributed by atoms with Gasteiger partial charge in [0.25, 0.3) is 0 Å². The van der Waals surface area contributed by atoms with Crippen LogP contribution in [0, 0.1) is 0 Å². The third-order valence-corrected chi connectivity index (χ3v) is 3.62. The van der Waals surface area contributed by atoms with Crippen LogP contribution in [0.25, 0.3) is 0 Å². The Balaban J connectivity index is 0.00000146. The van der Waals surface area contributed by atoms with E-state index in [9.17, 15) is 18.0 Å². The molecule has 0 spiro atoms. The zero-order valence-corrected chi connectivity index (χ0v) is 16.3. The predicted molar refractivity (Wildman–Crippen MR) is 98.0 cm³/mol. The maximum absolute atomic E-state index is 12.4. The molecule has 1 unspecified atom stereocenters. The topological polar surface area (TPSA) is 32.8 Å². The molecule has 4 nitrogen and oxygen atoms in total. The van der Waals surface area contributed by atoms with Gasteiger partial charge in [-0.2, -0.15) is 13.2 Å². The van der Waals surface area contributed by atoms with Gasteiger partial charge < -0.3 is 9.64 Å². The molecule has 2 rings (SSSR count). The smallest absolute Gasteiger partial charge is 0.425 e. The van der Waals surface area contributed by atoms with Gasteiger partial charge in [-0.05, 0) is 12.5 Å². The van der Waals surface area contributed by atoms with Crippen LogP contribution in [0.2, 0.25) is 0 Å². The van der Waals surface area contributed by atoms with Gasteiger partial charge in [0.2, 0.25) is 0 Å². The Bertz CT molecular complexity index is 487. The van der Waals surface area contributed by atoms with E-state index in [2.05, 4.69) is 9.64 Å². The molecule has 0 bridgehead atoms. The lowest BCUT2D eigenvalue weighted by atomic mass is 10.2. The largest absolute Gasteiger partial charge is 0.437 e. The molecule has 1 fully saturated rings. The summed E-state index contributed by atoms with van der Waals surface area (Å²) in [5.74, 6) is 0. The summed E-state index contributed by atoms with van der Waals surface area (Å²) in [5, 5.41) is 0. The fourth-order valence-electron chi connectivity index (χ4n) is 2.22. The highest BCUT2D eigenvalue weighted by Crippen LogP contribution is 2.23. The molecule has 0 saturated carbocycles. The fourth-order valence-corrected chi connectivity index (χ4v) is 2.22.